The highest BCUT2D eigenvalue weighted by molar-refractivity contribution is 9.10. The number of hydrogen-bond acceptors (Lipinski definition) is 2. The minimum absolute atomic E-state index is 0.129. The Morgan fingerprint density at radius 2 is 2.00 bits per heavy atom. The Balaban J connectivity index is 2.34. The molecule has 0 radical (unpaired) electrons. The Hall–Kier alpha value is -0.940. The van der Waals surface area contributed by atoms with Gasteiger partial charge in [-0.3, -0.25) is 11.3 Å². The molecule has 0 bridgehead atoms. The molecule has 0 heterocycles. The molecular weight excluding hydrogens is 343 g/mol. The van der Waals surface area contributed by atoms with Crippen LogP contribution in [0, 0.1) is 12.7 Å². The molecule has 0 aliphatic carbocycles. The topological polar surface area (TPSA) is 38.0 Å². The first-order chi connectivity index (χ1) is 9.54. The lowest BCUT2D eigenvalue weighted by Crippen LogP contribution is -2.30. The molecule has 3 N–H and O–H groups in total. The van der Waals surface area contributed by atoms with Crippen molar-refractivity contribution in [3.8, 4) is 0 Å². The van der Waals surface area contributed by atoms with Crippen LogP contribution in [0.2, 0.25) is 5.02 Å². The smallest absolute Gasteiger partial charge is 0.145 e. The highest BCUT2D eigenvalue weighted by atomic mass is 79.9. The molecule has 2 aromatic rings. The Morgan fingerprint density at radius 3 is 2.70 bits per heavy atom. The molecule has 0 fully saturated rings. The number of hydrazine groups is 1. The van der Waals surface area contributed by atoms with Crippen molar-refractivity contribution in [3.63, 3.8) is 0 Å². The average molecular weight is 358 g/mol. The molecule has 1 unspecified atom stereocenters. The molecule has 0 spiro atoms. The zero-order chi connectivity index (χ0) is 14.7. The molecule has 2 rings (SSSR count). The number of nitrogens with one attached hydrogen (secondary N) is 1. The lowest BCUT2D eigenvalue weighted by atomic mass is 9.95. The first-order valence-electron chi connectivity index (χ1n) is 6.18. The summed E-state index contributed by atoms with van der Waals surface area (Å²) in [5.74, 6) is 5.25. The number of rotatable bonds is 4. The van der Waals surface area contributed by atoms with Crippen LogP contribution in [0.4, 0.5) is 4.39 Å². The minimum Gasteiger partial charge on any atom is -0.271 e. The third kappa shape index (κ3) is 3.20. The van der Waals surface area contributed by atoms with E-state index in [1.54, 1.807) is 12.1 Å². The molecule has 0 aromatic heterocycles. The third-order valence-corrected chi connectivity index (χ3v) is 4.49. The van der Waals surface area contributed by atoms with E-state index in [2.05, 4.69) is 21.4 Å². The van der Waals surface area contributed by atoms with Gasteiger partial charge in [-0.1, -0.05) is 51.8 Å². The van der Waals surface area contributed by atoms with Gasteiger partial charge in [-0.15, -0.1) is 0 Å². The fraction of sp³-hybridized carbons (Fsp3) is 0.200. The van der Waals surface area contributed by atoms with Crippen LogP contribution in [-0.4, -0.2) is 0 Å². The Kier molecular flexibility index (Phi) is 5.16. The zero-order valence-corrected chi connectivity index (χ0v) is 13.3. The maximum atomic E-state index is 14.0. The highest BCUT2D eigenvalue weighted by Crippen LogP contribution is 2.28. The Labute approximate surface area is 131 Å². The first kappa shape index (κ1) is 15.4. The summed E-state index contributed by atoms with van der Waals surface area (Å²) in [6, 6.07) is 10.7. The minimum atomic E-state index is -0.387. The lowest BCUT2D eigenvalue weighted by Gasteiger charge is -2.20. The maximum Gasteiger partial charge on any atom is 0.145 e. The molecule has 0 saturated heterocycles. The highest BCUT2D eigenvalue weighted by Gasteiger charge is 2.17. The molecule has 0 aliphatic heterocycles. The predicted octanol–water partition coefficient (Wildman–Crippen LogP) is 4.30. The van der Waals surface area contributed by atoms with E-state index in [1.807, 2.05) is 25.1 Å². The average Bonchev–Trinajstić information content (AvgIpc) is 2.44. The van der Waals surface area contributed by atoms with Crippen molar-refractivity contribution >= 4 is 27.5 Å². The largest absolute Gasteiger partial charge is 0.271 e. The van der Waals surface area contributed by atoms with Gasteiger partial charge in [-0.2, -0.15) is 0 Å². The van der Waals surface area contributed by atoms with Gasteiger partial charge in [-0.25, -0.2) is 4.39 Å². The fourth-order valence-corrected chi connectivity index (χ4v) is 2.76. The fourth-order valence-electron chi connectivity index (χ4n) is 2.19. The van der Waals surface area contributed by atoms with Crippen molar-refractivity contribution in [2.24, 2.45) is 5.84 Å². The summed E-state index contributed by atoms with van der Waals surface area (Å²) in [7, 11) is 0. The molecule has 106 valence electrons. The number of hydrogen-bond donors (Lipinski definition) is 2. The summed E-state index contributed by atoms with van der Waals surface area (Å²) in [4.78, 5) is 0. The van der Waals surface area contributed by atoms with Gasteiger partial charge < -0.3 is 0 Å². The van der Waals surface area contributed by atoms with E-state index >= 15 is 0 Å². The monoisotopic (exact) mass is 356 g/mol. The summed E-state index contributed by atoms with van der Waals surface area (Å²) in [6.45, 7) is 2.00. The van der Waals surface area contributed by atoms with E-state index < -0.39 is 0 Å². The molecule has 1 atom stereocenters. The summed E-state index contributed by atoms with van der Waals surface area (Å²) in [5.41, 5.74) is 5.40. The standard InChI is InChI=1S/C15H15BrClFN2/c1-9-11(5-3-6-12(9)16)14(20-19)8-10-4-2-7-13(17)15(10)18/h2-7,14,20H,8,19H2,1H3. The summed E-state index contributed by atoms with van der Waals surface area (Å²) in [5, 5.41) is 0.129. The lowest BCUT2D eigenvalue weighted by molar-refractivity contribution is 0.527. The van der Waals surface area contributed by atoms with Crippen LogP contribution < -0.4 is 11.3 Å². The van der Waals surface area contributed by atoms with Crippen LogP contribution in [0.3, 0.4) is 0 Å². The van der Waals surface area contributed by atoms with Crippen molar-refractivity contribution in [3.05, 3.63) is 68.4 Å². The number of benzene rings is 2. The summed E-state index contributed by atoms with van der Waals surface area (Å²) >= 11 is 9.30. The van der Waals surface area contributed by atoms with Crippen molar-refractivity contribution in [1.82, 2.24) is 5.43 Å². The molecule has 20 heavy (non-hydrogen) atoms. The van der Waals surface area contributed by atoms with Gasteiger partial charge in [0.25, 0.3) is 0 Å². The van der Waals surface area contributed by atoms with Gasteiger partial charge in [0.05, 0.1) is 11.1 Å². The SMILES string of the molecule is Cc1c(Br)cccc1C(Cc1cccc(Cl)c1F)NN. The van der Waals surface area contributed by atoms with Crippen LogP contribution in [-0.2, 0) is 6.42 Å². The normalized spacial score (nSPS) is 12.4. The van der Waals surface area contributed by atoms with E-state index in [1.165, 1.54) is 6.07 Å². The second kappa shape index (κ2) is 6.68. The van der Waals surface area contributed by atoms with E-state index in [0.29, 0.717) is 12.0 Å². The van der Waals surface area contributed by atoms with Gasteiger partial charge in [0.15, 0.2) is 0 Å². The molecule has 0 saturated carbocycles. The molecule has 0 amide bonds. The van der Waals surface area contributed by atoms with Gasteiger partial charge in [0.2, 0.25) is 0 Å². The van der Waals surface area contributed by atoms with Gasteiger partial charge >= 0.3 is 0 Å². The van der Waals surface area contributed by atoms with E-state index in [0.717, 1.165) is 15.6 Å². The Morgan fingerprint density at radius 1 is 1.30 bits per heavy atom. The van der Waals surface area contributed by atoms with Crippen molar-refractivity contribution in [2.75, 3.05) is 0 Å². The van der Waals surface area contributed by atoms with E-state index in [-0.39, 0.29) is 16.9 Å². The molecule has 0 aliphatic rings. The van der Waals surface area contributed by atoms with Gasteiger partial charge in [0, 0.05) is 4.47 Å². The predicted molar refractivity (Wildman–Crippen MR) is 84.1 cm³/mol. The van der Waals surface area contributed by atoms with Gasteiger partial charge in [-0.05, 0) is 42.2 Å². The van der Waals surface area contributed by atoms with Crippen LogP contribution in [0.1, 0.15) is 22.7 Å². The number of halogens is 3. The van der Waals surface area contributed by atoms with E-state index in [9.17, 15) is 4.39 Å². The Bertz CT molecular complexity index is 619. The van der Waals surface area contributed by atoms with Crippen molar-refractivity contribution < 1.29 is 4.39 Å². The van der Waals surface area contributed by atoms with Gasteiger partial charge in [0.1, 0.15) is 5.82 Å². The molecule has 2 aromatic carbocycles. The zero-order valence-electron chi connectivity index (χ0n) is 11.0. The second-order valence-corrected chi connectivity index (χ2v) is 5.85. The van der Waals surface area contributed by atoms with Crippen molar-refractivity contribution in [1.29, 1.82) is 0 Å². The summed E-state index contributed by atoms with van der Waals surface area (Å²) in [6.07, 6.45) is 0.431. The molecule has 5 heteroatoms. The second-order valence-electron chi connectivity index (χ2n) is 4.59. The van der Waals surface area contributed by atoms with Crippen LogP contribution >= 0.6 is 27.5 Å². The summed E-state index contributed by atoms with van der Waals surface area (Å²) < 4.78 is 15.0. The quantitative estimate of drug-likeness (QED) is 0.632. The third-order valence-electron chi connectivity index (χ3n) is 3.34. The maximum absolute atomic E-state index is 14.0. The van der Waals surface area contributed by atoms with Crippen LogP contribution in [0.15, 0.2) is 40.9 Å². The molecular formula is C15H15BrClFN2. The molecule has 2 nitrogen and oxygen atoms in total. The first-order valence-corrected chi connectivity index (χ1v) is 7.35. The van der Waals surface area contributed by atoms with Crippen LogP contribution in [0.25, 0.3) is 0 Å². The van der Waals surface area contributed by atoms with Crippen LogP contribution in [0.5, 0.6) is 0 Å². The van der Waals surface area contributed by atoms with Crippen molar-refractivity contribution in [2.45, 2.75) is 19.4 Å². The number of nitrogens with two attached hydrogens (primary N) is 1. The van der Waals surface area contributed by atoms with E-state index in [4.69, 9.17) is 17.4 Å².